The first-order valence-electron chi connectivity index (χ1n) is 4.42. The van der Waals surface area contributed by atoms with Crippen molar-refractivity contribution in [3.63, 3.8) is 0 Å². The lowest BCUT2D eigenvalue weighted by Crippen LogP contribution is -2.09. The van der Waals surface area contributed by atoms with E-state index in [1.807, 2.05) is 0 Å². The number of rotatable bonds is 0. The van der Waals surface area contributed by atoms with E-state index in [0.717, 1.165) is 5.92 Å². The minimum atomic E-state index is 0.838. The highest BCUT2D eigenvalue weighted by Crippen LogP contribution is 2.32. The lowest BCUT2D eigenvalue weighted by Gasteiger charge is -2.24. The molecule has 0 amide bonds. The van der Waals surface area contributed by atoms with Crippen molar-refractivity contribution < 1.29 is 0 Å². The van der Waals surface area contributed by atoms with Crippen molar-refractivity contribution in [3.05, 3.63) is 35.5 Å². The molecule has 2 rings (SSSR count). The summed E-state index contributed by atoms with van der Waals surface area (Å²) in [5.74, 6) is 0.838. The Morgan fingerprint density at radius 3 is 3.00 bits per heavy atom. The molecule has 0 aromatic carbocycles. The fourth-order valence-electron chi connectivity index (χ4n) is 2.00. The quantitative estimate of drug-likeness (QED) is 0.492. The van der Waals surface area contributed by atoms with E-state index < -0.39 is 0 Å². The average Bonchev–Trinajstić information content (AvgIpc) is 2.06. The van der Waals surface area contributed by atoms with Gasteiger partial charge in [0.1, 0.15) is 0 Å². The zero-order valence-corrected chi connectivity index (χ0v) is 7.01. The van der Waals surface area contributed by atoms with Crippen molar-refractivity contribution in [2.75, 3.05) is 0 Å². The minimum Gasteiger partial charge on any atom is -0.0842 e. The minimum absolute atomic E-state index is 0.838. The molecule has 0 saturated carbocycles. The van der Waals surface area contributed by atoms with Gasteiger partial charge in [0.05, 0.1) is 0 Å². The SMILES string of the molecule is CC1=C2C=CCCC2CC=C1. The molecule has 0 saturated heterocycles. The fourth-order valence-corrected chi connectivity index (χ4v) is 2.00. The summed E-state index contributed by atoms with van der Waals surface area (Å²) in [4.78, 5) is 0. The molecular formula is C11H14. The zero-order chi connectivity index (χ0) is 7.68. The first-order valence-corrected chi connectivity index (χ1v) is 4.42. The van der Waals surface area contributed by atoms with Crippen LogP contribution in [0.15, 0.2) is 35.5 Å². The van der Waals surface area contributed by atoms with Crippen LogP contribution in [0.3, 0.4) is 0 Å². The Balaban J connectivity index is 2.37. The van der Waals surface area contributed by atoms with E-state index in [2.05, 4.69) is 31.2 Å². The van der Waals surface area contributed by atoms with E-state index in [0.29, 0.717) is 0 Å². The third kappa shape index (κ3) is 1.18. The first-order chi connectivity index (χ1) is 5.38. The van der Waals surface area contributed by atoms with Crippen molar-refractivity contribution in [2.24, 2.45) is 5.92 Å². The Morgan fingerprint density at radius 1 is 1.27 bits per heavy atom. The normalized spacial score (nSPS) is 29.0. The molecule has 2 aliphatic carbocycles. The summed E-state index contributed by atoms with van der Waals surface area (Å²) < 4.78 is 0. The van der Waals surface area contributed by atoms with Gasteiger partial charge in [0, 0.05) is 0 Å². The van der Waals surface area contributed by atoms with Crippen LogP contribution in [-0.4, -0.2) is 0 Å². The first kappa shape index (κ1) is 6.90. The van der Waals surface area contributed by atoms with Gasteiger partial charge in [-0.25, -0.2) is 0 Å². The molecule has 0 heteroatoms. The Morgan fingerprint density at radius 2 is 2.18 bits per heavy atom. The Hall–Kier alpha value is -0.780. The Labute approximate surface area is 68.3 Å². The van der Waals surface area contributed by atoms with Crippen LogP contribution in [0, 0.1) is 5.92 Å². The van der Waals surface area contributed by atoms with Gasteiger partial charge in [0.25, 0.3) is 0 Å². The number of hydrogen-bond donors (Lipinski definition) is 0. The van der Waals surface area contributed by atoms with Gasteiger partial charge in [-0.3, -0.25) is 0 Å². The molecule has 0 N–H and O–H groups in total. The van der Waals surface area contributed by atoms with Crippen LogP contribution >= 0.6 is 0 Å². The molecule has 0 spiro atoms. The summed E-state index contributed by atoms with van der Waals surface area (Å²) in [5.41, 5.74) is 3.05. The molecule has 58 valence electrons. The van der Waals surface area contributed by atoms with Crippen molar-refractivity contribution in [2.45, 2.75) is 26.2 Å². The lowest BCUT2D eigenvalue weighted by atomic mass is 9.81. The third-order valence-electron chi connectivity index (χ3n) is 2.66. The predicted octanol–water partition coefficient (Wildman–Crippen LogP) is 3.23. The lowest BCUT2D eigenvalue weighted by molar-refractivity contribution is 0.561. The topological polar surface area (TPSA) is 0 Å². The summed E-state index contributed by atoms with van der Waals surface area (Å²) in [6.45, 7) is 2.22. The van der Waals surface area contributed by atoms with Gasteiger partial charge in [0.15, 0.2) is 0 Å². The second-order valence-electron chi connectivity index (χ2n) is 3.45. The van der Waals surface area contributed by atoms with Crippen LogP contribution in [0.4, 0.5) is 0 Å². The van der Waals surface area contributed by atoms with Crippen LogP contribution in [0.2, 0.25) is 0 Å². The van der Waals surface area contributed by atoms with Gasteiger partial charge in [0.2, 0.25) is 0 Å². The maximum atomic E-state index is 2.31. The number of fused-ring (bicyclic) bond motifs is 1. The molecule has 0 heterocycles. The Bertz CT molecular complexity index is 241. The summed E-state index contributed by atoms with van der Waals surface area (Å²) in [6.07, 6.45) is 13.1. The third-order valence-corrected chi connectivity index (χ3v) is 2.66. The van der Waals surface area contributed by atoms with Gasteiger partial charge in [-0.05, 0) is 43.3 Å². The summed E-state index contributed by atoms with van der Waals surface area (Å²) in [5, 5.41) is 0. The molecule has 0 aromatic rings. The van der Waals surface area contributed by atoms with E-state index in [9.17, 15) is 0 Å². The highest BCUT2D eigenvalue weighted by molar-refractivity contribution is 5.38. The maximum absolute atomic E-state index is 2.31. The summed E-state index contributed by atoms with van der Waals surface area (Å²) >= 11 is 0. The fraction of sp³-hybridized carbons (Fsp3) is 0.455. The zero-order valence-electron chi connectivity index (χ0n) is 7.01. The molecule has 0 radical (unpaired) electrons. The van der Waals surface area contributed by atoms with E-state index in [1.165, 1.54) is 24.8 Å². The molecule has 1 atom stereocenters. The maximum Gasteiger partial charge on any atom is -0.0122 e. The van der Waals surface area contributed by atoms with Crippen LogP contribution in [0.1, 0.15) is 26.2 Å². The van der Waals surface area contributed by atoms with Crippen LogP contribution < -0.4 is 0 Å². The van der Waals surface area contributed by atoms with Gasteiger partial charge < -0.3 is 0 Å². The monoisotopic (exact) mass is 146 g/mol. The van der Waals surface area contributed by atoms with Gasteiger partial charge in [-0.1, -0.05) is 24.3 Å². The van der Waals surface area contributed by atoms with Crippen molar-refractivity contribution in [3.8, 4) is 0 Å². The molecule has 0 nitrogen and oxygen atoms in total. The molecule has 0 aliphatic heterocycles. The summed E-state index contributed by atoms with van der Waals surface area (Å²) in [7, 11) is 0. The van der Waals surface area contributed by atoms with Crippen LogP contribution in [-0.2, 0) is 0 Å². The smallest absolute Gasteiger partial charge is 0.0122 e. The van der Waals surface area contributed by atoms with Crippen molar-refractivity contribution in [1.29, 1.82) is 0 Å². The second-order valence-corrected chi connectivity index (χ2v) is 3.45. The van der Waals surface area contributed by atoms with Gasteiger partial charge in [-0.2, -0.15) is 0 Å². The van der Waals surface area contributed by atoms with E-state index in [1.54, 1.807) is 5.57 Å². The molecule has 0 fully saturated rings. The van der Waals surface area contributed by atoms with Gasteiger partial charge >= 0.3 is 0 Å². The standard InChI is InChI=1S/C11H14/c1-9-5-4-7-10-6-2-3-8-11(9)10/h3-5,8,10H,2,6-7H2,1H3. The predicted molar refractivity (Wildman–Crippen MR) is 48.3 cm³/mol. The molecule has 0 aromatic heterocycles. The van der Waals surface area contributed by atoms with E-state index in [-0.39, 0.29) is 0 Å². The molecule has 0 bridgehead atoms. The summed E-state index contributed by atoms with van der Waals surface area (Å²) in [6, 6.07) is 0. The number of allylic oxidation sites excluding steroid dienone is 6. The van der Waals surface area contributed by atoms with E-state index in [4.69, 9.17) is 0 Å². The average molecular weight is 146 g/mol. The largest absolute Gasteiger partial charge is 0.0842 e. The van der Waals surface area contributed by atoms with Crippen LogP contribution in [0.5, 0.6) is 0 Å². The molecule has 11 heavy (non-hydrogen) atoms. The number of hydrogen-bond acceptors (Lipinski definition) is 0. The van der Waals surface area contributed by atoms with Crippen LogP contribution in [0.25, 0.3) is 0 Å². The molecule has 2 aliphatic rings. The molecule has 1 unspecified atom stereocenters. The Kier molecular flexibility index (Phi) is 1.69. The highest BCUT2D eigenvalue weighted by Gasteiger charge is 2.17. The van der Waals surface area contributed by atoms with Gasteiger partial charge in [-0.15, -0.1) is 0 Å². The van der Waals surface area contributed by atoms with Crippen molar-refractivity contribution >= 4 is 0 Å². The van der Waals surface area contributed by atoms with Crippen molar-refractivity contribution in [1.82, 2.24) is 0 Å². The second kappa shape index (κ2) is 2.69. The molecular weight excluding hydrogens is 132 g/mol. The van der Waals surface area contributed by atoms with E-state index >= 15 is 0 Å². The highest BCUT2D eigenvalue weighted by atomic mass is 14.2.